The van der Waals surface area contributed by atoms with Gasteiger partial charge in [0.2, 0.25) is 5.91 Å². The van der Waals surface area contributed by atoms with Gasteiger partial charge in [-0.2, -0.15) is 0 Å². The van der Waals surface area contributed by atoms with E-state index in [9.17, 15) is 4.79 Å². The molecule has 0 bridgehead atoms. The summed E-state index contributed by atoms with van der Waals surface area (Å²) in [6, 6.07) is 10.6. The van der Waals surface area contributed by atoms with E-state index in [2.05, 4.69) is 46.1 Å². The highest BCUT2D eigenvalue weighted by Gasteiger charge is 2.40. The van der Waals surface area contributed by atoms with Crippen LogP contribution in [0.2, 0.25) is 0 Å². The molecular formula is C20H25N3O. The predicted octanol–water partition coefficient (Wildman–Crippen LogP) is 3.33. The zero-order valence-corrected chi connectivity index (χ0v) is 14.5. The van der Waals surface area contributed by atoms with Gasteiger partial charge in [0.05, 0.1) is 11.6 Å². The van der Waals surface area contributed by atoms with E-state index in [-0.39, 0.29) is 17.2 Å². The Balaban J connectivity index is 1.55. The van der Waals surface area contributed by atoms with Crippen LogP contribution in [0.25, 0.3) is 0 Å². The second-order valence-corrected chi connectivity index (χ2v) is 7.57. The summed E-state index contributed by atoms with van der Waals surface area (Å²) in [5.41, 5.74) is 3.56. The minimum absolute atomic E-state index is 0.0585. The van der Waals surface area contributed by atoms with Gasteiger partial charge in [0.1, 0.15) is 5.82 Å². The van der Waals surface area contributed by atoms with Crippen molar-refractivity contribution in [3.05, 3.63) is 53.1 Å². The van der Waals surface area contributed by atoms with E-state index >= 15 is 0 Å². The average Bonchev–Trinajstić information content (AvgIpc) is 3.18. The number of hydrogen-bond acceptors (Lipinski definition) is 2. The predicted molar refractivity (Wildman–Crippen MR) is 94.0 cm³/mol. The Labute approximate surface area is 143 Å². The van der Waals surface area contributed by atoms with Crippen molar-refractivity contribution < 1.29 is 4.79 Å². The van der Waals surface area contributed by atoms with Crippen LogP contribution >= 0.6 is 0 Å². The van der Waals surface area contributed by atoms with Gasteiger partial charge in [-0.15, -0.1) is 0 Å². The first-order valence-electron chi connectivity index (χ1n) is 8.96. The molecule has 4 heteroatoms. The molecule has 126 valence electrons. The van der Waals surface area contributed by atoms with Gasteiger partial charge in [-0.3, -0.25) is 4.79 Å². The normalized spacial score (nSPS) is 26.4. The largest absolute Gasteiger partial charge is 0.346 e. The van der Waals surface area contributed by atoms with Crippen molar-refractivity contribution in [2.45, 2.75) is 50.9 Å². The number of aromatic nitrogens is 2. The number of hydrogen-bond donors (Lipinski definition) is 1. The number of likely N-dealkylation sites (tertiary alicyclic amines) is 1. The van der Waals surface area contributed by atoms with E-state index in [1.54, 1.807) is 0 Å². The van der Waals surface area contributed by atoms with Crippen molar-refractivity contribution >= 4 is 5.91 Å². The summed E-state index contributed by atoms with van der Waals surface area (Å²) >= 11 is 0. The Morgan fingerprint density at radius 1 is 1.33 bits per heavy atom. The van der Waals surface area contributed by atoms with Gasteiger partial charge in [0.15, 0.2) is 0 Å². The highest BCUT2D eigenvalue weighted by atomic mass is 16.2. The van der Waals surface area contributed by atoms with Gasteiger partial charge in [-0.25, -0.2) is 4.98 Å². The number of aromatic amines is 1. The molecule has 1 aromatic heterocycles. The summed E-state index contributed by atoms with van der Waals surface area (Å²) < 4.78 is 0. The number of aryl methyl sites for hydroxylation is 2. The van der Waals surface area contributed by atoms with Crippen LogP contribution in [0.4, 0.5) is 0 Å². The maximum atomic E-state index is 13.2. The van der Waals surface area contributed by atoms with Crippen molar-refractivity contribution in [1.82, 2.24) is 14.9 Å². The molecule has 2 aliphatic rings. The quantitative estimate of drug-likeness (QED) is 0.921. The Hall–Kier alpha value is -2.10. The molecule has 4 rings (SSSR count). The van der Waals surface area contributed by atoms with Crippen LogP contribution in [0.3, 0.4) is 0 Å². The number of H-pyrrole nitrogens is 1. The summed E-state index contributed by atoms with van der Waals surface area (Å²) in [5.74, 6) is 1.13. The van der Waals surface area contributed by atoms with Crippen molar-refractivity contribution in [2.75, 3.05) is 13.1 Å². The second kappa shape index (κ2) is 5.76. The number of carbonyl (C=O) groups is 1. The standard InChI is InChI=1S/C20H25N3O/c1-14-21-17-10-6-9-16(18(17)22-14)19(24)23-12-11-20(2,13-23)15-7-4-3-5-8-15/h3-5,7-8,16H,6,9-13H2,1-2H3,(H,21,22). The zero-order chi connectivity index (χ0) is 16.7. The van der Waals surface area contributed by atoms with Gasteiger partial charge in [-0.05, 0) is 38.2 Å². The SMILES string of the molecule is Cc1nc2c([nH]1)CCCC2C(=O)N1CCC(C)(c2ccccc2)C1. The minimum Gasteiger partial charge on any atom is -0.346 e. The van der Waals surface area contributed by atoms with Crippen LogP contribution < -0.4 is 0 Å². The number of nitrogens with one attached hydrogen (secondary N) is 1. The molecule has 2 unspecified atom stereocenters. The molecule has 0 spiro atoms. The first-order chi connectivity index (χ1) is 11.6. The van der Waals surface area contributed by atoms with E-state index < -0.39 is 0 Å². The summed E-state index contributed by atoms with van der Waals surface area (Å²) in [4.78, 5) is 23.2. The molecule has 1 amide bonds. The van der Waals surface area contributed by atoms with E-state index in [4.69, 9.17) is 0 Å². The molecule has 1 aromatic carbocycles. The molecule has 1 saturated heterocycles. The Bertz CT molecular complexity index is 751. The monoisotopic (exact) mass is 323 g/mol. The summed E-state index contributed by atoms with van der Waals surface area (Å²) in [5, 5.41) is 0. The van der Waals surface area contributed by atoms with E-state index in [1.165, 1.54) is 11.3 Å². The lowest BCUT2D eigenvalue weighted by Gasteiger charge is -2.28. The van der Waals surface area contributed by atoms with Crippen molar-refractivity contribution in [1.29, 1.82) is 0 Å². The molecule has 1 aliphatic heterocycles. The van der Waals surface area contributed by atoms with Gasteiger partial charge in [0, 0.05) is 24.2 Å². The van der Waals surface area contributed by atoms with Crippen molar-refractivity contribution in [3.8, 4) is 0 Å². The highest BCUT2D eigenvalue weighted by molar-refractivity contribution is 5.84. The second-order valence-electron chi connectivity index (χ2n) is 7.57. The molecule has 2 atom stereocenters. The summed E-state index contributed by atoms with van der Waals surface area (Å²) in [7, 11) is 0. The molecule has 0 saturated carbocycles. The number of amides is 1. The van der Waals surface area contributed by atoms with Crippen LogP contribution in [0.15, 0.2) is 30.3 Å². The fourth-order valence-electron chi connectivity index (χ4n) is 4.34. The molecule has 1 fully saturated rings. The third-order valence-electron chi connectivity index (χ3n) is 5.73. The van der Waals surface area contributed by atoms with Crippen LogP contribution in [-0.2, 0) is 16.6 Å². The third kappa shape index (κ3) is 2.54. The number of carbonyl (C=O) groups excluding carboxylic acids is 1. The first kappa shape index (κ1) is 15.4. The zero-order valence-electron chi connectivity index (χ0n) is 14.5. The summed E-state index contributed by atoms with van der Waals surface area (Å²) in [6.07, 6.45) is 4.03. The molecule has 2 aromatic rings. The third-order valence-corrected chi connectivity index (χ3v) is 5.73. The molecule has 2 heterocycles. The topological polar surface area (TPSA) is 49.0 Å². The van der Waals surface area contributed by atoms with E-state index in [1.807, 2.05) is 13.0 Å². The Morgan fingerprint density at radius 3 is 2.92 bits per heavy atom. The molecule has 1 aliphatic carbocycles. The lowest BCUT2D eigenvalue weighted by Crippen LogP contribution is -2.37. The van der Waals surface area contributed by atoms with Gasteiger partial charge in [0.25, 0.3) is 0 Å². The van der Waals surface area contributed by atoms with Gasteiger partial charge >= 0.3 is 0 Å². The van der Waals surface area contributed by atoms with Crippen molar-refractivity contribution in [3.63, 3.8) is 0 Å². The number of imidazole rings is 1. The van der Waals surface area contributed by atoms with Crippen LogP contribution in [0.1, 0.15) is 54.9 Å². The fraction of sp³-hybridized carbons (Fsp3) is 0.500. The molecule has 0 radical (unpaired) electrons. The van der Waals surface area contributed by atoms with Crippen LogP contribution in [0.5, 0.6) is 0 Å². The minimum atomic E-state index is -0.0585. The van der Waals surface area contributed by atoms with Crippen molar-refractivity contribution in [2.24, 2.45) is 0 Å². The van der Waals surface area contributed by atoms with E-state index in [0.717, 1.165) is 50.3 Å². The Kier molecular flexibility index (Phi) is 3.70. The maximum Gasteiger partial charge on any atom is 0.231 e. The lowest BCUT2D eigenvalue weighted by atomic mass is 9.82. The average molecular weight is 323 g/mol. The number of benzene rings is 1. The Morgan fingerprint density at radius 2 is 2.12 bits per heavy atom. The smallest absolute Gasteiger partial charge is 0.231 e. The molecule has 4 nitrogen and oxygen atoms in total. The van der Waals surface area contributed by atoms with Gasteiger partial charge in [-0.1, -0.05) is 37.3 Å². The number of nitrogens with zero attached hydrogens (tertiary/aromatic N) is 2. The maximum absolute atomic E-state index is 13.2. The van der Waals surface area contributed by atoms with Crippen LogP contribution in [0, 0.1) is 6.92 Å². The van der Waals surface area contributed by atoms with E-state index in [0.29, 0.717) is 0 Å². The van der Waals surface area contributed by atoms with Gasteiger partial charge < -0.3 is 9.88 Å². The van der Waals surface area contributed by atoms with Crippen LogP contribution in [-0.4, -0.2) is 33.9 Å². The molecular weight excluding hydrogens is 298 g/mol. The highest BCUT2D eigenvalue weighted by Crippen LogP contribution is 2.37. The number of fused-ring (bicyclic) bond motifs is 1. The lowest BCUT2D eigenvalue weighted by molar-refractivity contribution is -0.132. The summed E-state index contributed by atoms with van der Waals surface area (Å²) in [6.45, 7) is 5.91. The first-order valence-corrected chi connectivity index (χ1v) is 8.96. The molecule has 1 N–H and O–H groups in total. The number of rotatable bonds is 2. The molecule has 24 heavy (non-hydrogen) atoms. The fourth-order valence-corrected chi connectivity index (χ4v) is 4.34.